The van der Waals surface area contributed by atoms with Gasteiger partial charge in [0.1, 0.15) is 0 Å². The van der Waals surface area contributed by atoms with Crippen LogP contribution in [-0.2, 0) is 15.6 Å². The minimum atomic E-state index is -0.729. The van der Waals surface area contributed by atoms with Gasteiger partial charge in [0.05, 0.1) is 5.92 Å². The highest BCUT2D eigenvalue weighted by Crippen LogP contribution is 2.62. The summed E-state index contributed by atoms with van der Waals surface area (Å²) in [6.45, 7) is 4.14. The van der Waals surface area contributed by atoms with Crippen LogP contribution < -0.4 is 0 Å². The van der Waals surface area contributed by atoms with E-state index >= 15 is 0 Å². The van der Waals surface area contributed by atoms with Gasteiger partial charge < -0.3 is 5.11 Å². The molecule has 0 saturated heterocycles. The lowest BCUT2D eigenvalue weighted by Crippen LogP contribution is -2.39. The van der Waals surface area contributed by atoms with Gasteiger partial charge in [-0.2, -0.15) is 0 Å². The summed E-state index contributed by atoms with van der Waals surface area (Å²) in [5.41, 5.74) is 9.87. The van der Waals surface area contributed by atoms with E-state index in [0.29, 0.717) is 6.42 Å². The molecule has 0 bridgehead atoms. The molecule has 2 aliphatic carbocycles. The molecule has 0 aromatic heterocycles. The van der Waals surface area contributed by atoms with E-state index in [1.165, 1.54) is 44.5 Å². The standard InChI is InChI=1S/C34H32O2/c1-3-20-33(28-16-8-4-12-24(28)25-13-5-9-17-29(25)33)22-34(21-23(2)32(35)36)30-18-10-6-14-26(30)27-15-7-11-19-31(27)34/h4-19,23H,3,20-22H2,1-2H3,(H,35,36). The molecule has 0 fully saturated rings. The third-order valence-corrected chi connectivity index (χ3v) is 8.71. The lowest BCUT2D eigenvalue weighted by molar-refractivity contribution is -0.141. The minimum Gasteiger partial charge on any atom is -0.481 e. The number of rotatable bonds is 7. The zero-order chi connectivity index (χ0) is 24.9. The maximum absolute atomic E-state index is 12.3. The first-order chi connectivity index (χ1) is 17.5. The molecular weight excluding hydrogens is 440 g/mol. The van der Waals surface area contributed by atoms with Crippen LogP contribution in [0.15, 0.2) is 97.1 Å². The molecule has 2 nitrogen and oxygen atoms in total. The Hall–Kier alpha value is -3.65. The maximum Gasteiger partial charge on any atom is 0.306 e. The third-order valence-electron chi connectivity index (χ3n) is 8.71. The average Bonchev–Trinajstić information content (AvgIpc) is 3.33. The van der Waals surface area contributed by atoms with Crippen molar-refractivity contribution < 1.29 is 9.90 Å². The van der Waals surface area contributed by atoms with Gasteiger partial charge in [-0.1, -0.05) is 117 Å². The Labute approximate surface area is 213 Å². The van der Waals surface area contributed by atoms with Gasteiger partial charge in [-0.25, -0.2) is 0 Å². The van der Waals surface area contributed by atoms with Gasteiger partial charge in [-0.15, -0.1) is 0 Å². The molecule has 4 aromatic carbocycles. The molecule has 2 aliphatic rings. The molecule has 0 aliphatic heterocycles. The van der Waals surface area contributed by atoms with Gasteiger partial charge >= 0.3 is 5.97 Å². The summed E-state index contributed by atoms with van der Waals surface area (Å²) in [6, 6.07) is 35.1. The van der Waals surface area contributed by atoms with Gasteiger partial charge in [-0.3, -0.25) is 4.79 Å². The number of carboxylic acids is 1. The van der Waals surface area contributed by atoms with Crippen molar-refractivity contribution in [2.24, 2.45) is 5.92 Å². The molecule has 1 unspecified atom stereocenters. The van der Waals surface area contributed by atoms with Crippen molar-refractivity contribution >= 4 is 5.97 Å². The highest BCUT2D eigenvalue weighted by atomic mass is 16.4. The molecule has 2 heteroatoms. The summed E-state index contributed by atoms with van der Waals surface area (Å²) in [5.74, 6) is -1.19. The highest BCUT2D eigenvalue weighted by molar-refractivity contribution is 5.84. The Bertz CT molecular complexity index is 1370. The molecule has 1 N–H and O–H groups in total. The highest BCUT2D eigenvalue weighted by Gasteiger charge is 2.53. The van der Waals surface area contributed by atoms with Crippen LogP contribution in [0.1, 0.15) is 61.8 Å². The lowest BCUT2D eigenvalue weighted by atomic mass is 9.59. The smallest absolute Gasteiger partial charge is 0.306 e. The number of carboxylic acid groups (broad SMARTS) is 1. The fraction of sp³-hybridized carbons (Fsp3) is 0.265. The van der Waals surface area contributed by atoms with E-state index in [4.69, 9.17) is 0 Å². The van der Waals surface area contributed by atoms with Crippen LogP contribution in [0.25, 0.3) is 22.3 Å². The Balaban J connectivity index is 1.66. The monoisotopic (exact) mass is 472 g/mol. The normalized spacial score (nSPS) is 16.5. The second-order valence-corrected chi connectivity index (χ2v) is 10.7. The van der Waals surface area contributed by atoms with Gasteiger partial charge in [0.15, 0.2) is 0 Å². The molecule has 180 valence electrons. The van der Waals surface area contributed by atoms with Crippen molar-refractivity contribution in [3.63, 3.8) is 0 Å². The molecule has 6 rings (SSSR count). The molecule has 4 aromatic rings. The van der Waals surface area contributed by atoms with E-state index in [0.717, 1.165) is 19.3 Å². The predicted molar refractivity (Wildman–Crippen MR) is 146 cm³/mol. The van der Waals surface area contributed by atoms with E-state index < -0.39 is 17.3 Å². The number of fused-ring (bicyclic) bond motifs is 6. The van der Waals surface area contributed by atoms with Crippen LogP contribution >= 0.6 is 0 Å². The number of benzene rings is 4. The Morgan fingerprint density at radius 1 is 0.667 bits per heavy atom. The van der Waals surface area contributed by atoms with Crippen LogP contribution in [0.5, 0.6) is 0 Å². The average molecular weight is 473 g/mol. The Kier molecular flexibility index (Phi) is 5.37. The quantitative estimate of drug-likeness (QED) is 0.294. The largest absolute Gasteiger partial charge is 0.481 e. The molecule has 0 heterocycles. The van der Waals surface area contributed by atoms with Gasteiger partial charge in [0, 0.05) is 10.8 Å². The summed E-state index contributed by atoms with van der Waals surface area (Å²) in [7, 11) is 0. The SMILES string of the molecule is CCCC1(CC2(CC(C)C(=O)O)c3ccccc3-c3ccccc32)c2ccccc2-c2ccccc21. The van der Waals surface area contributed by atoms with E-state index in [1.54, 1.807) is 0 Å². The molecule has 36 heavy (non-hydrogen) atoms. The molecule has 0 amide bonds. The summed E-state index contributed by atoms with van der Waals surface area (Å²) in [6.07, 6.45) is 3.50. The number of aliphatic carboxylic acids is 1. The van der Waals surface area contributed by atoms with Crippen molar-refractivity contribution in [3.8, 4) is 22.3 Å². The number of hydrogen-bond acceptors (Lipinski definition) is 1. The van der Waals surface area contributed by atoms with Crippen molar-refractivity contribution in [2.45, 2.75) is 50.4 Å². The van der Waals surface area contributed by atoms with Crippen LogP contribution in [-0.4, -0.2) is 11.1 Å². The Morgan fingerprint density at radius 2 is 1.03 bits per heavy atom. The van der Waals surface area contributed by atoms with Crippen LogP contribution in [0.4, 0.5) is 0 Å². The van der Waals surface area contributed by atoms with Crippen molar-refractivity contribution in [1.82, 2.24) is 0 Å². The zero-order valence-electron chi connectivity index (χ0n) is 21.0. The van der Waals surface area contributed by atoms with Gasteiger partial charge in [0.25, 0.3) is 0 Å². The molecule has 1 atom stereocenters. The van der Waals surface area contributed by atoms with Crippen LogP contribution in [0, 0.1) is 5.92 Å². The second-order valence-electron chi connectivity index (χ2n) is 10.7. The summed E-state index contributed by atoms with van der Waals surface area (Å²) >= 11 is 0. The second kappa shape index (κ2) is 8.48. The minimum absolute atomic E-state index is 0.190. The third kappa shape index (κ3) is 3.13. The van der Waals surface area contributed by atoms with E-state index in [1.807, 2.05) is 6.92 Å². The fourth-order valence-corrected chi connectivity index (χ4v) is 7.41. The van der Waals surface area contributed by atoms with E-state index in [-0.39, 0.29) is 5.41 Å². The van der Waals surface area contributed by atoms with Crippen LogP contribution in [0.2, 0.25) is 0 Å². The van der Waals surface area contributed by atoms with E-state index in [9.17, 15) is 9.90 Å². The molecule has 0 spiro atoms. The molecular formula is C34H32O2. The molecule has 0 radical (unpaired) electrons. The number of carbonyl (C=O) groups is 1. The van der Waals surface area contributed by atoms with Crippen molar-refractivity contribution in [1.29, 1.82) is 0 Å². The first-order valence-corrected chi connectivity index (χ1v) is 13.1. The first-order valence-electron chi connectivity index (χ1n) is 13.1. The fourth-order valence-electron chi connectivity index (χ4n) is 7.41. The maximum atomic E-state index is 12.3. The molecule has 0 saturated carbocycles. The topological polar surface area (TPSA) is 37.3 Å². The van der Waals surface area contributed by atoms with Crippen molar-refractivity contribution in [2.75, 3.05) is 0 Å². The van der Waals surface area contributed by atoms with Crippen LogP contribution in [0.3, 0.4) is 0 Å². The summed E-state index contributed by atoms with van der Waals surface area (Å²) in [4.78, 5) is 12.3. The first kappa shape index (κ1) is 22.8. The lowest BCUT2D eigenvalue weighted by Gasteiger charge is -2.43. The number of hydrogen-bond donors (Lipinski definition) is 1. The predicted octanol–water partition coefficient (Wildman–Crippen LogP) is 8.22. The summed E-state index contributed by atoms with van der Waals surface area (Å²) in [5, 5.41) is 10.1. The van der Waals surface area contributed by atoms with Gasteiger partial charge in [0.2, 0.25) is 0 Å². The van der Waals surface area contributed by atoms with Crippen molar-refractivity contribution in [3.05, 3.63) is 119 Å². The zero-order valence-corrected chi connectivity index (χ0v) is 21.0. The van der Waals surface area contributed by atoms with Gasteiger partial charge in [-0.05, 0) is 63.8 Å². The summed E-state index contributed by atoms with van der Waals surface area (Å²) < 4.78 is 0. The Morgan fingerprint density at radius 3 is 1.39 bits per heavy atom. The van der Waals surface area contributed by atoms with E-state index in [2.05, 4.69) is 104 Å².